The number of carbonyl (C=O) groups excluding carboxylic acids is 1. The molecule has 1 aromatic heterocycles. The first-order chi connectivity index (χ1) is 6.70. The molecule has 0 amide bonds. The van der Waals surface area contributed by atoms with Gasteiger partial charge in [0.15, 0.2) is 5.78 Å². The van der Waals surface area contributed by atoms with E-state index in [2.05, 4.69) is 27.6 Å². The van der Waals surface area contributed by atoms with Crippen LogP contribution in [0, 0.1) is 3.70 Å². The number of ether oxygens (including phenoxy) is 1. The average molecular weight is 301 g/mol. The number of Topliss-reactive ketones (excluding diaryl/α,β-unsaturated/α-hetero) is 1. The van der Waals surface area contributed by atoms with E-state index in [-0.39, 0.29) is 5.78 Å². The second-order valence-electron chi connectivity index (χ2n) is 3.01. The molecule has 3 nitrogen and oxygen atoms in total. The average Bonchev–Trinajstić information content (AvgIpc) is 2.15. The SMILES string of the molecule is COC1=c2cnc(I)cc2=CC(=O)C1. The fourth-order valence-electron chi connectivity index (χ4n) is 1.46. The molecule has 14 heavy (non-hydrogen) atoms. The monoisotopic (exact) mass is 301 g/mol. The number of hydrogen-bond acceptors (Lipinski definition) is 3. The zero-order valence-electron chi connectivity index (χ0n) is 7.58. The molecule has 1 aromatic rings. The minimum absolute atomic E-state index is 0.0800. The van der Waals surface area contributed by atoms with Crippen molar-refractivity contribution in [3.63, 3.8) is 0 Å². The molecule has 0 saturated heterocycles. The maximum Gasteiger partial charge on any atom is 0.163 e. The fraction of sp³-hybridized carbons (Fsp3) is 0.200. The number of halogens is 1. The van der Waals surface area contributed by atoms with Crippen molar-refractivity contribution >= 4 is 40.2 Å². The van der Waals surface area contributed by atoms with E-state index in [0.717, 1.165) is 14.1 Å². The molecule has 0 atom stereocenters. The molecule has 72 valence electrons. The van der Waals surface area contributed by atoms with E-state index < -0.39 is 0 Å². The van der Waals surface area contributed by atoms with E-state index in [4.69, 9.17) is 4.74 Å². The second-order valence-corrected chi connectivity index (χ2v) is 4.11. The van der Waals surface area contributed by atoms with E-state index in [9.17, 15) is 4.79 Å². The van der Waals surface area contributed by atoms with Crippen molar-refractivity contribution in [3.05, 3.63) is 26.4 Å². The van der Waals surface area contributed by atoms with Gasteiger partial charge in [-0.1, -0.05) is 0 Å². The van der Waals surface area contributed by atoms with Crippen LogP contribution in [0.3, 0.4) is 0 Å². The Morgan fingerprint density at radius 1 is 1.57 bits per heavy atom. The zero-order valence-corrected chi connectivity index (χ0v) is 9.74. The quantitative estimate of drug-likeness (QED) is 0.549. The minimum Gasteiger partial charge on any atom is -0.500 e. The van der Waals surface area contributed by atoms with Crippen molar-refractivity contribution in [1.82, 2.24) is 4.98 Å². The first kappa shape index (κ1) is 9.64. The Kier molecular flexibility index (Phi) is 2.54. The minimum atomic E-state index is 0.0800. The van der Waals surface area contributed by atoms with Gasteiger partial charge in [-0.15, -0.1) is 0 Å². The van der Waals surface area contributed by atoms with Crippen LogP contribution >= 0.6 is 22.6 Å². The summed E-state index contributed by atoms with van der Waals surface area (Å²) in [7, 11) is 1.58. The molecule has 0 aromatic carbocycles. The lowest BCUT2D eigenvalue weighted by atomic mass is 10.1. The predicted molar refractivity (Wildman–Crippen MR) is 60.7 cm³/mol. The number of aromatic nitrogens is 1. The number of methoxy groups -OCH3 is 1. The van der Waals surface area contributed by atoms with Gasteiger partial charge in [0.25, 0.3) is 0 Å². The number of pyridine rings is 1. The summed E-state index contributed by atoms with van der Waals surface area (Å²) in [4.78, 5) is 15.5. The molecule has 1 aliphatic carbocycles. The lowest BCUT2D eigenvalue weighted by molar-refractivity contribution is -0.112. The van der Waals surface area contributed by atoms with Gasteiger partial charge < -0.3 is 4.74 Å². The molecule has 0 unspecified atom stereocenters. The summed E-state index contributed by atoms with van der Waals surface area (Å²) >= 11 is 2.12. The Morgan fingerprint density at radius 2 is 2.36 bits per heavy atom. The van der Waals surface area contributed by atoms with Crippen molar-refractivity contribution in [2.75, 3.05) is 7.11 Å². The van der Waals surface area contributed by atoms with Gasteiger partial charge in [0.2, 0.25) is 0 Å². The molecule has 1 heterocycles. The summed E-state index contributed by atoms with van der Waals surface area (Å²) in [5, 5.41) is 1.82. The molecule has 0 spiro atoms. The molecule has 0 aliphatic heterocycles. The molecule has 2 rings (SSSR count). The number of rotatable bonds is 1. The molecular formula is C10H8INO2. The lowest BCUT2D eigenvalue weighted by Crippen LogP contribution is -2.33. The van der Waals surface area contributed by atoms with E-state index in [0.29, 0.717) is 12.2 Å². The third-order valence-corrected chi connectivity index (χ3v) is 2.69. The van der Waals surface area contributed by atoms with Gasteiger partial charge in [0.1, 0.15) is 9.46 Å². The van der Waals surface area contributed by atoms with E-state index in [1.54, 1.807) is 19.4 Å². The third-order valence-electron chi connectivity index (χ3n) is 2.10. The standard InChI is InChI=1S/C10H8INO2/c1-14-9-4-7(13)2-6-3-10(11)12-5-8(6)9/h2-3,5H,4H2,1H3. The van der Waals surface area contributed by atoms with Crippen molar-refractivity contribution in [2.45, 2.75) is 6.42 Å². The van der Waals surface area contributed by atoms with Crippen molar-refractivity contribution < 1.29 is 9.53 Å². The van der Waals surface area contributed by atoms with Gasteiger partial charge in [-0.25, -0.2) is 4.98 Å². The highest BCUT2D eigenvalue weighted by molar-refractivity contribution is 14.1. The smallest absolute Gasteiger partial charge is 0.163 e. The first-order valence-corrected chi connectivity index (χ1v) is 5.22. The van der Waals surface area contributed by atoms with Crippen LogP contribution in [0.1, 0.15) is 6.42 Å². The summed E-state index contributed by atoms with van der Waals surface area (Å²) in [6, 6.07) is 1.88. The van der Waals surface area contributed by atoms with Gasteiger partial charge >= 0.3 is 0 Å². The van der Waals surface area contributed by atoms with Crippen LogP contribution in [0.4, 0.5) is 0 Å². The summed E-state index contributed by atoms with van der Waals surface area (Å²) < 4.78 is 6.04. The number of hydrogen-bond donors (Lipinski definition) is 0. The third kappa shape index (κ3) is 1.66. The fourth-order valence-corrected chi connectivity index (χ4v) is 1.93. The normalized spacial score (nSPS) is 14.7. The predicted octanol–water partition coefficient (Wildman–Crippen LogP) is 0.194. The second kappa shape index (κ2) is 3.68. The highest BCUT2D eigenvalue weighted by Crippen LogP contribution is 2.05. The van der Waals surface area contributed by atoms with Gasteiger partial charge in [-0.3, -0.25) is 4.79 Å². The first-order valence-electron chi connectivity index (χ1n) is 4.14. The Balaban J connectivity index is 2.82. The van der Waals surface area contributed by atoms with Crippen LogP contribution < -0.4 is 10.4 Å². The van der Waals surface area contributed by atoms with Crippen LogP contribution in [0.25, 0.3) is 11.8 Å². The highest BCUT2D eigenvalue weighted by Gasteiger charge is 2.11. The maximum atomic E-state index is 11.3. The van der Waals surface area contributed by atoms with Gasteiger partial charge in [0, 0.05) is 11.4 Å². The van der Waals surface area contributed by atoms with Crippen molar-refractivity contribution in [3.8, 4) is 0 Å². The number of ketones is 1. The maximum absolute atomic E-state index is 11.3. The number of fused-ring (bicyclic) bond motifs is 1. The highest BCUT2D eigenvalue weighted by atomic mass is 127. The van der Waals surface area contributed by atoms with Crippen molar-refractivity contribution in [1.29, 1.82) is 0 Å². The molecule has 4 heteroatoms. The molecule has 0 radical (unpaired) electrons. The largest absolute Gasteiger partial charge is 0.500 e. The number of nitrogens with zero attached hydrogens (tertiary/aromatic N) is 1. The van der Waals surface area contributed by atoms with Crippen LogP contribution in [0.5, 0.6) is 0 Å². The summed E-state index contributed by atoms with van der Waals surface area (Å²) in [6.45, 7) is 0. The molecule has 0 bridgehead atoms. The van der Waals surface area contributed by atoms with Gasteiger partial charge in [0.05, 0.1) is 13.5 Å². The molecular weight excluding hydrogens is 293 g/mol. The van der Waals surface area contributed by atoms with Crippen LogP contribution in [0.15, 0.2) is 12.3 Å². The molecule has 0 N–H and O–H groups in total. The molecule has 1 aliphatic rings. The van der Waals surface area contributed by atoms with E-state index >= 15 is 0 Å². The summed E-state index contributed by atoms with van der Waals surface area (Å²) in [6.07, 6.45) is 3.73. The van der Waals surface area contributed by atoms with Crippen LogP contribution in [-0.2, 0) is 9.53 Å². The van der Waals surface area contributed by atoms with Crippen LogP contribution in [0.2, 0.25) is 0 Å². The Morgan fingerprint density at radius 3 is 3.07 bits per heavy atom. The van der Waals surface area contributed by atoms with Gasteiger partial charge in [-0.2, -0.15) is 0 Å². The van der Waals surface area contributed by atoms with Crippen molar-refractivity contribution in [2.24, 2.45) is 0 Å². The Labute approximate surface area is 94.6 Å². The lowest BCUT2D eigenvalue weighted by Gasteiger charge is -2.08. The topological polar surface area (TPSA) is 39.2 Å². The zero-order chi connectivity index (χ0) is 10.1. The summed E-state index contributed by atoms with van der Waals surface area (Å²) in [5.74, 6) is 0.785. The summed E-state index contributed by atoms with van der Waals surface area (Å²) in [5.41, 5.74) is 0. The Bertz CT molecular complexity index is 507. The number of carbonyl (C=O) groups is 1. The van der Waals surface area contributed by atoms with Gasteiger partial charge in [-0.05, 0) is 40.0 Å². The van der Waals surface area contributed by atoms with Crippen LogP contribution in [-0.4, -0.2) is 17.9 Å². The Hall–Kier alpha value is -0.910. The molecule has 0 saturated carbocycles. The van der Waals surface area contributed by atoms with E-state index in [1.807, 2.05) is 6.07 Å². The van der Waals surface area contributed by atoms with E-state index in [1.165, 1.54) is 0 Å². The molecule has 0 fully saturated rings.